The summed E-state index contributed by atoms with van der Waals surface area (Å²) in [7, 11) is 4.52. The molecule has 2 rings (SSSR count). The van der Waals surface area contributed by atoms with E-state index in [2.05, 4.69) is 0 Å². The SMILES string of the molecule is CON(C)C(=O)c1cccc2c1O[C@H](CN(C)C(=O)OC(C)(C)C)[C@@H](C)CN(C(C)C)C2=O. The molecule has 184 valence electrons. The van der Waals surface area contributed by atoms with Crippen LogP contribution in [0.1, 0.15) is 62.3 Å². The average molecular weight is 464 g/mol. The molecule has 1 aromatic rings. The van der Waals surface area contributed by atoms with E-state index in [1.165, 1.54) is 19.1 Å². The van der Waals surface area contributed by atoms with Crippen molar-refractivity contribution in [3.63, 3.8) is 0 Å². The van der Waals surface area contributed by atoms with E-state index in [4.69, 9.17) is 14.3 Å². The second kappa shape index (κ2) is 10.4. The van der Waals surface area contributed by atoms with Gasteiger partial charge in [0.15, 0.2) is 0 Å². The maximum absolute atomic E-state index is 13.4. The Morgan fingerprint density at radius 1 is 1.24 bits per heavy atom. The van der Waals surface area contributed by atoms with E-state index < -0.39 is 23.7 Å². The maximum Gasteiger partial charge on any atom is 0.410 e. The molecule has 1 aliphatic rings. The third-order valence-corrected chi connectivity index (χ3v) is 5.47. The van der Waals surface area contributed by atoms with E-state index in [0.717, 1.165) is 5.06 Å². The molecule has 9 heteroatoms. The molecular formula is C24H37N3O6. The highest BCUT2D eigenvalue weighted by Gasteiger charge is 2.36. The fourth-order valence-electron chi connectivity index (χ4n) is 3.53. The van der Waals surface area contributed by atoms with Crippen LogP contribution in [-0.4, -0.2) is 84.8 Å². The van der Waals surface area contributed by atoms with Crippen LogP contribution in [0.15, 0.2) is 18.2 Å². The van der Waals surface area contributed by atoms with Crippen LogP contribution in [0, 0.1) is 5.92 Å². The summed E-state index contributed by atoms with van der Waals surface area (Å²) >= 11 is 0. The zero-order valence-corrected chi connectivity index (χ0v) is 21.2. The molecule has 0 bridgehead atoms. The number of rotatable bonds is 5. The number of hydrogen-bond donors (Lipinski definition) is 0. The first kappa shape index (κ1) is 26.4. The van der Waals surface area contributed by atoms with Crippen LogP contribution in [0.25, 0.3) is 0 Å². The van der Waals surface area contributed by atoms with Gasteiger partial charge in [-0.05, 0) is 46.8 Å². The van der Waals surface area contributed by atoms with Gasteiger partial charge >= 0.3 is 6.09 Å². The lowest BCUT2D eigenvalue weighted by atomic mass is 9.98. The molecule has 0 saturated carbocycles. The van der Waals surface area contributed by atoms with Crippen LogP contribution in [0.5, 0.6) is 5.75 Å². The predicted octanol–water partition coefficient (Wildman–Crippen LogP) is 3.43. The fraction of sp³-hybridized carbons (Fsp3) is 0.625. The normalized spacial score (nSPS) is 18.7. The van der Waals surface area contributed by atoms with Crippen molar-refractivity contribution in [2.75, 3.05) is 34.3 Å². The minimum Gasteiger partial charge on any atom is -0.487 e. The monoisotopic (exact) mass is 463 g/mol. The van der Waals surface area contributed by atoms with Gasteiger partial charge in [0.25, 0.3) is 11.8 Å². The lowest BCUT2D eigenvalue weighted by Gasteiger charge is -2.38. The first-order valence-corrected chi connectivity index (χ1v) is 11.1. The Bertz CT molecular complexity index is 879. The molecule has 3 amide bonds. The van der Waals surface area contributed by atoms with Crippen molar-refractivity contribution in [1.29, 1.82) is 0 Å². The third kappa shape index (κ3) is 6.37. The number of benzene rings is 1. The molecule has 0 aliphatic carbocycles. The topological polar surface area (TPSA) is 88.6 Å². The summed E-state index contributed by atoms with van der Waals surface area (Å²) in [6.45, 7) is 11.9. The molecule has 0 unspecified atom stereocenters. The van der Waals surface area contributed by atoms with Crippen molar-refractivity contribution < 1.29 is 28.7 Å². The van der Waals surface area contributed by atoms with Crippen LogP contribution in [-0.2, 0) is 9.57 Å². The Morgan fingerprint density at radius 3 is 2.42 bits per heavy atom. The number of amides is 3. The van der Waals surface area contributed by atoms with Gasteiger partial charge in [0.05, 0.1) is 24.8 Å². The summed E-state index contributed by atoms with van der Waals surface area (Å²) < 4.78 is 11.8. The Labute approximate surface area is 196 Å². The number of nitrogens with zero attached hydrogens (tertiary/aromatic N) is 3. The molecule has 1 aliphatic heterocycles. The molecule has 33 heavy (non-hydrogen) atoms. The number of hydroxylamine groups is 2. The summed E-state index contributed by atoms with van der Waals surface area (Å²) in [6.07, 6.45) is -0.960. The Hall–Kier alpha value is -2.81. The number of ether oxygens (including phenoxy) is 2. The molecule has 0 spiro atoms. The first-order chi connectivity index (χ1) is 15.3. The Kier molecular flexibility index (Phi) is 8.35. The van der Waals surface area contributed by atoms with Gasteiger partial charge < -0.3 is 19.3 Å². The van der Waals surface area contributed by atoms with Gasteiger partial charge in [0.2, 0.25) is 0 Å². The largest absolute Gasteiger partial charge is 0.487 e. The second-order valence-electron chi connectivity index (χ2n) is 9.71. The zero-order chi connectivity index (χ0) is 25.1. The van der Waals surface area contributed by atoms with Gasteiger partial charge in [-0.15, -0.1) is 0 Å². The smallest absolute Gasteiger partial charge is 0.410 e. The Morgan fingerprint density at radius 2 is 1.88 bits per heavy atom. The molecule has 0 aromatic heterocycles. The minimum atomic E-state index is -0.628. The summed E-state index contributed by atoms with van der Waals surface area (Å²) in [6, 6.07) is 4.85. The van der Waals surface area contributed by atoms with Gasteiger partial charge in [0.1, 0.15) is 17.5 Å². The molecule has 0 fully saturated rings. The van der Waals surface area contributed by atoms with Gasteiger partial charge in [-0.3, -0.25) is 14.4 Å². The molecular weight excluding hydrogens is 426 g/mol. The lowest BCUT2D eigenvalue weighted by molar-refractivity contribution is -0.0760. The molecule has 0 N–H and O–H groups in total. The van der Waals surface area contributed by atoms with Crippen molar-refractivity contribution in [3.05, 3.63) is 29.3 Å². The summed E-state index contributed by atoms with van der Waals surface area (Å²) in [4.78, 5) is 47.2. The van der Waals surface area contributed by atoms with Crippen LogP contribution in [0.3, 0.4) is 0 Å². The molecule has 9 nitrogen and oxygen atoms in total. The zero-order valence-electron chi connectivity index (χ0n) is 21.2. The lowest BCUT2D eigenvalue weighted by Crippen LogP contribution is -2.49. The van der Waals surface area contributed by atoms with Crippen molar-refractivity contribution in [2.24, 2.45) is 5.92 Å². The van der Waals surface area contributed by atoms with Crippen LogP contribution < -0.4 is 4.74 Å². The molecule has 0 radical (unpaired) electrons. The molecule has 1 aromatic carbocycles. The van der Waals surface area contributed by atoms with E-state index in [0.29, 0.717) is 12.1 Å². The second-order valence-corrected chi connectivity index (χ2v) is 9.71. The fourth-order valence-corrected chi connectivity index (χ4v) is 3.53. The van der Waals surface area contributed by atoms with Crippen LogP contribution in [0.2, 0.25) is 0 Å². The van der Waals surface area contributed by atoms with E-state index in [-0.39, 0.29) is 35.7 Å². The van der Waals surface area contributed by atoms with E-state index in [9.17, 15) is 14.4 Å². The summed E-state index contributed by atoms with van der Waals surface area (Å²) in [5, 5.41) is 1.08. The summed E-state index contributed by atoms with van der Waals surface area (Å²) in [5.41, 5.74) is -0.111. The van der Waals surface area contributed by atoms with Crippen molar-refractivity contribution in [3.8, 4) is 5.75 Å². The number of hydrogen-bond acceptors (Lipinski definition) is 6. The number of fused-ring (bicyclic) bond motifs is 1. The van der Waals surface area contributed by atoms with Crippen LogP contribution in [0.4, 0.5) is 4.79 Å². The standard InChI is InChI=1S/C24H37N3O6/c1-15(2)27-13-16(3)19(14-25(7)23(30)33-24(4,5)6)32-20-17(21(28)26(8)31-9)11-10-12-18(20)22(27)29/h10-12,15-16,19H,13-14H2,1-9H3/t16-,19+/m0/s1. The van der Waals surface area contributed by atoms with Crippen molar-refractivity contribution in [1.82, 2.24) is 14.9 Å². The van der Waals surface area contributed by atoms with Gasteiger partial charge in [0, 0.05) is 32.6 Å². The number of likely N-dealkylation sites (N-methyl/N-ethyl adjacent to an activating group) is 1. The van der Waals surface area contributed by atoms with Crippen LogP contribution >= 0.6 is 0 Å². The average Bonchev–Trinajstić information content (AvgIpc) is 2.72. The highest BCUT2D eigenvalue weighted by molar-refractivity contribution is 6.04. The highest BCUT2D eigenvalue weighted by Crippen LogP contribution is 2.32. The first-order valence-electron chi connectivity index (χ1n) is 11.1. The molecule has 0 saturated heterocycles. The number of carbonyl (C=O) groups excluding carboxylic acids is 3. The maximum atomic E-state index is 13.4. The predicted molar refractivity (Wildman–Crippen MR) is 124 cm³/mol. The van der Waals surface area contributed by atoms with Gasteiger partial charge in [-0.25, -0.2) is 9.86 Å². The molecule has 1 heterocycles. The third-order valence-electron chi connectivity index (χ3n) is 5.47. The van der Waals surface area contributed by atoms with E-state index in [1.807, 2.05) is 20.8 Å². The number of para-hydroxylation sites is 1. The van der Waals surface area contributed by atoms with Crippen molar-refractivity contribution >= 4 is 17.9 Å². The highest BCUT2D eigenvalue weighted by atomic mass is 16.7. The van der Waals surface area contributed by atoms with Crippen molar-refractivity contribution in [2.45, 2.75) is 59.3 Å². The minimum absolute atomic E-state index is 0.0591. The van der Waals surface area contributed by atoms with Gasteiger partial charge in [-0.1, -0.05) is 13.0 Å². The quantitative estimate of drug-likeness (QED) is 0.622. The van der Waals surface area contributed by atoms with Gasteiger partial charge in [-0.2, -0.15) is 0 Å². The molecule has 2 atom stereocenters. The van der Waals surface area contributed by atoms with E-state index >= 15 is 0 Å². The Balaban J connectivity index is 2.51. The van der Waals surface area contributed by atoms with E-state index in [1.54, 1.807) is 50.9 Å². The summed E-state index contributed by atoms with van der Waals surface area (Å²) in [5.74, 6) is -0.583. The number of carbonyl (C=O) groups is 3.